The molecule has 4 nitrogen and oxygen atoms in total. The molecular weight excluding hydrogens is 267 g/mol. The summed E-state index contributed by atoms with van der Waals surface area (Å²) < 4.78 is 13.4. The zero-order chi connectivity index (χ0) is 14.8. The van der Waals surface area contributed by atoms with E-state index >= 15 is 0 Å². The number of rotatable bonds is 4. The Balaban J connectivity index is 1.78. The molecule has 1 aromatic heterocycles. The molecule has 0 fully saturated rings. The predicted molar refractivity (Wildman–Crippen MR) is 81.1 cm³/mol. The molecule has 1 aliphatic heterocycles. The first-order valence-electron chi connectivity index (χ1n) is 7.24. The van der Waals surface area contributed by atoms with Gasteiger partial charge in [0.2, 0.25) is 0 Å². The third-order valence-corrected chi connectivity index (χ3v) is 3.60. The number of benzene rings is 1. The highest BCUT2D eigenvalue weighted by Gasteiger charge is 2.22. The Hall–Kier alpha value is -2.01. The lowest BCUT2D eigenvalue weighted by Crippen LogP contribution is -2.23. The number of nitrogens with zero attached hydrogens (tertiary/aromatic N) is 3. The van der Waals surface area contributed by atoms with Crippen LogP contribution in [-0.2, 0) is 13.0 Å². The molecule has 1 aromatic carbocycles. The van der Waals surface area contributed by atoms with Gasteiger partial charge in [-0.05, 0) is 24.1 Å². The van der Waals surface area contributed by atoms with Crippen molar-refractivity contribution in [2.45, 2.75) is 32.9 Å². The van der Waals surface area contributed by atoms with Gasteiger partial charge in [0, 0.05) is 24.8 Å². The number of aromatic nitrogens is 2. The molecule has 21 heavy (non-hydrogen) atoms. The van der Waals surface area contributed by atoms with Crippen LogP contribution in [0, 0.1) is 5.82 Å². The summed E-state index contributed by atoms with van der Waals surface area (Å²) in [7, 11) is 0. The highest BCUT2D eigenvalue weighted by atomic mass is 19.1. The minimum absolute atomic E-state index is 0.216. The fraction of sp³-hybridized carbons (Fsp3) is 0.375. The second-order valence-electron chi connectivity index (χ2n) is 5.58. The van der Waals surface area contributed by atoms with E-state index in [9.17, 15) is 4.39 Å². The molecule has 0 amide bonds. The van der Waals surface area contributed by atoms with Crippen LogP contribution in [0.4, 0.5) is 15.9 Å². The van der Waals surface area contributed by atoms with Crippen molar-refractivity contribution in [1.29, 1.82) is 0 Å². The summed E-state index contributed by atoms with van der Waals surface area (Å²) in [6.07, 6.45) is 4.45. The van der Waals surface area contributed by atoms with Gasteiger partial charge in [-0.2, -0.15) is 0 Å². The van der Waals surface area contributed by atoms with Gasteiger partial charge in [-0.15, -0.1) is 0 Å². The van der Waals surface area contributed by atoms with Crippen molar-refractivity contribution < 1.29 is 4.39 Å². The van der Waals surface area contributed by atoms with Crippen LogP contribution in [0.3, 0.4) is 0 Å². The number of anilines is 2. The summed E-state index contributed by atoms with van der Waals surface area (Å²) >= 11 is 0. The Kier molecular flexibility index (Phi) is 3.84. The van der Waals surface area contributed by atoms with Crippen molar-refractivity contribution in [3.05, 3.63) is 47.7 Å². The first kappa shape index (κ1) is 13.9. The first-order chi connectivity index (χ1) is 10.1. The van der Waals surface area contributed by atoms with Crippen LogP contribution in [0.25, 0.3) is 0 Å². The SMILES string of the molecule is CC(C)NCc1cnc(N2CCc3ccc(F)cc32)cn1. The predicted octanol–water partition coefficient (Wildman–Crippen LogP) is 2.81. The number of hydrogen-bond donors (Lipinski definition) is 1. The molecule has 2 aromatic rings. The van der Waals surface area contributed by atoms with Gasteiger partial charge >= 0.3 is 0 Å². The number of hydrogen-bond acceptors (Lipinski definition) is 4. The van der Waals surface area contributed by atoms with Gasteiger partial charge in [-0.1, -0.05) is 19.9 Å². The van der Waals surface area contributed by atoms with Crippen LogP contribution in [0.1, 0.15) is 25.1 Å². The van der Waals surface area contributed by atoms with E-state index in [0.29, 0.717) is 12.6 Å². The standard InChI is InChI=1S/C16H19FN4/c1-11(2)18-8-14-9-20-16(10-19-14)21-6-5-12-3-4-13(17)7-15(12)21/h3-4,7,9-11,18H,5-6,8H2,1-2H3. The van der Waals surface area contributed by atoms with Crippen molar-refractivity contribution in [3.63, 3.8) is 0 Å². The van der Waals surface area contributed by atoms with Crippen LogP contribution in [0.5, 0.6) is 0 Å². The molecule has 0 aliphatic carbocycles. The van der Waals surface area contributed by atoms with E-state index in [0.717, 1.165) is 35.7 Å². The van der Waals surface area contributed by atoms with E-state index in [4.69, 9.17) is 0 Å². The Labute approximate surface area is 124 Å². The molecule has 110 valence electrons. The fourth-order valence-corrected chi connectivity index (χ4v) is 2.48. The van der Waals surface area contributed by atoms with Gasteiger partial charge < -0.3 is 10.2 Å². The van der Waals surface area contributed by atoms with Crippen LogP contribution in [-0.4, -0.2) is 22.6 Å². The average Bonchev–Trinajstić information content (AvgIpc) is 2.88. The van der Waals surface area contributed by atoms with E-state index in [-0.39, 0.29) is 5.82 Å². The molecule has 3 rings (SSSR count). The molecule has 0 radical (unpaired) electrons. The summed E-state index contributed by atoms with van der Waals surface area (Å²) in [6.45, 7) is 5.71. The van der Waals surface area contributed by atoms with Gasteiger partial charge in [-0.3, -0.25) is 4.98 Å². The molecule has 1 aliphatic rings. The summed E-state index contributed by atoms with van der Waals surface area (Å²) in [5.74, 6) is 0.555. The lowest BCUT2D eigenvalue weighted by atomic mass is 10.2. The number of nitrogens with one attached hydrogen (secondary N) is 1. The normalized spacial score (nSPS) is 13.8. The van der Waals surface area contributed by atoms with Crippen LogP contribution < -0.4 is 10.2 Å². The van der Waals surface area contributed by atoms with Crippen LogP contribution in [0.15, 0.2) is 30.6 Å². The first-order valence-corrected chi connectivity index (χ1v) is 7.24. The van der Waals surface area contributed by atoms with Crippen LogP contribution in [0.2, 0.25) is 0 Å². The summed E-state index contributed by atoms with van der Waals surface area (Å²) in [6, 6.07) is 5.34. The van der Waals surface area contributed by atoms with Crippen molar-refractivity contribution in [3.8, 4) is 0 Å². The van der Waals surface area contributed by atoms with Gasteiger partial charge in [0.15, 0.2) is 5.82 Å². The average molecular weight is 286 g/mol. The van der Waals surface area contributed by atoms with Gasteiger partial charge in [-0.25, -0.2) is 9.37 Å². The molecule has 0 saturated heterocycles. The minimum Gasteiger partial charge on any atom is -0.324 e. The Morgan fingerprint density at radius 3 is 2.86 bits per heavy atom. The number of halogens is 1. The molecule has 0 atom stereocenters. The lowest BCUT2D eigenvalue weighted by Gasteiger charge is -2.18. The third-order valence-electron chi connectivity index (χ3n) is 3.60. The number of fused-ring (bicyclic) bond motifs is 1. The molecular formula is C16H19FN4. The van der Waals surface area contributed by atoms with Crippen molar-refractivity contribution >= 4 is 11.5 Å². The molecule has 5 heteroatoms. The van der Waals surface area contributed by atoms with Crippen molar-refractivity contribution in [2.24, 2.45) is 0 Å². The maximum absolute atomic E-state index is 13.4. The van der Waals surface area contributed by atoms with Crippen molar-refractivity contribution in [1.82, 2.24) is 15.3 Å². The van der Waals surface area contributed by atoms with Gasteiger partial charge in [0.1, 0.15) is 5.82 Å². The van der Waals surface area contributed by atoms with Gasteiger partial charge in [0.05, 0.1) is 18.1 Å². The smallest absolute Gasteiger partial charge is 0.151 e. The maximum Gasteiger partial charge on any atom is 0.151 e. The van der Waals surface area contributed by atoms with Crippen molar-refractivity contribution in [2.75, 3.05) is 11.4 Å². The molecule has 0 bridgehead atoms. The zero-order valence-corrected chi connectivity index (χ0v) is 12.3. The topological polar surface area (TPSA) is 41.1 Å². The third kappa shape index (κ3) is 3.03. The lowest BCUT2D eigenvalue weighted by molar-refractivity contribution is 0.580. The Morgan fingerprint density at radius 2 is 2.14 bits per heavy atom. The second-order valence-corrected chi connectivity index (χ2v) is 5.58. The summed E-state index contributed by atoms with van der Waals surface area (Å²) in [4.78, 5) is 10.9. The monoisotopic (exact) mass is 286 g/mol. The van der Waals surface area contributed by atoms with E-state index in [1.165, 1.54) is 6.07 Å². The van der Waals surface area contributed by atoms with E-state index < -0.39 is 0 Å². The Morgan fingerprint density at radius 1 is 1.29 bits per heavy atom. The zero-order valence-electron chi connectivity index (χ0n) is 12.3. The van der Waals surface area contributed by atoms with E-state index in [1.807, 2.05) is 11.0 Å². The highest BCUT2D eigenvalue weighted by molar-refractivity contribution is 5.67. The summed E-state index contributed by atoms with van der Waals surface area (Å²) in [5.41, 5.74) is 2.97. The second kappa shape index (κ2) is 5.77. The summed E-state index contributed by atoms with van der Waals surface area (Å²) in [5, 5.41) is 3.31. The quantitative estimate of drug-likeness (QED) is 0.938. The van der Waals surface area contributed by atoms with E-state index in [2.05, 4.69) is 29.1 Å². The molecule has 1 N–H and O–H groups in total. The molecule has 0 saturated carbocycles. The van der Waals surface area contributed by atoms with E-state index in [1.54, 1.807) is 18.5 Å². The fourth-order valence-electron chi connectivity index (χ4n) is 2.48. The van der Waals surface area contributed by atoms with Crippen LogP contribution >= 0.6 is 0 Å². The highest BCUT2D eigenvalue weighted by Crippen LogP contribution is 2.33. The Bertz CT molecular complexity index is 625. The maximum atomic E-state index is 13.4. The molecule has 2 heterocycles. The van der Waals surface area contributed by atoms with Gasteiger partial charge in [0.25, 0.3) is 0 Å². The molecule has 0 unspecified atom stereocenters. The minimum atomic E-state index is -0.216. The molecule has 0 spiro atoms. The largest absolute Gasteiger partial charge is 0.324 e.